The SMILES string of the molecule is CC1=C(C2CC3=C(C=C(c4ccccc4C)C4=CC=CCC43)C3=C2C=CC(Cl)C3)C=CCC1. The fourth-order valence-electron chi connectivity index (χ4n) is 6.49. The van der Waals surface area contributed by atoms with Gasteiger partial charge in [0.15, 0.2) is 0 Å². The fraction of sp³-hybridized carbons (Fsp3) is 0.312. The molecule has 166 valence electrons. The molecule has 0 spiro atoms. The van der Waals surface area contributed by atoms with E-state index in [-0.39, 0.29) is 5.38 Å². The first kappa shape index (κ1) is 21.0. The summed E-state index contributed by atoms with van der Waals surface area (Å²) < 4.78 is 0. The molecule has 0 nitrogen and oxygen atoms in total. The third kappa shape index (κ3) is 3.51. The van der Waals surface area contributed by atoms with E-state index in [0.717, 1.165) is 19.3 Å². The number of rotatable bonds is 2. The highest BCUT2D eigenvalue weighted by atomic mass is 35.5. The summed E-state index contributed by atoms with van der Waals surface area (Å²) >= 11 is 6.73. The van der Waals surface area contributed by atoms with E-state index >= 15 is 0 Å². The first-order chi connectivity index (χ1) is 16.1. The molecule has 1 heteroatoms. The Balaban J connectivity index is 1.56. The summed E-state index contributed by atoms with van der Waals surface area (Å²) in [6.07, 6.45) is 24.3. The number of aryl methyl sites for hydroxylation is 1. The predicted molar refractivity (Wildman–Crippen MR) is 141 cm³/mol. The van der Waals surface area contributed by atoms with E-state index in [1.165, 1.54) is 51.8 Å². The summed E-state index contributed by atoms with van der Waals surface area (Å²) in [7, 11) is 0. The van der Waals surface area contributed by atoms with Gasteiger partial charge in [-0.2, -0.15) is 0 Å². The Kier molecular flexibility index (Phi) is 5.30. The van der Waals surface area contributed by atoms with Crippen molar-refractivity contribution in [2.45, 2.75) is 51.3 Å². The van der Waals surface area contributed by atoms with Crippen LogP contribution in [0.25, 0.3) is 5.57 Å². The number of benzene rings is 1. The molecule has 1 aromatic rings. The van der Waals surface area contributed by atoms with E-state index < -0.39 is 0 Å². The number of fused-ring (bicyclic) bond motifs is 3. The van der Waals surface area contributed by atoms with Gasteiger partial charge in [-0.1, -0.05) is 77.9 Å². The van der Waals surface area contributed by atoms with E-state index in [2.05, 4.69) is 86.7 Å². The monoisotopic (exact) mass is 450 g/mol. The van der Waals surface area contributed by atoms with E-state index in [9.17, 15) is 0 Å². The summed E-state index contributed by atoms with van der Waals surface area (Å²) in [6, 6.07) is 8.84. The van der Waals surface area contributed by atoms with Gasteiger partial charge < -0.3 is 0 Å². The standard InChI is InChI=1S/C32H31Cl/c1-20-9-3-5-11-23(20)29-19-32-28-17-22(33)15-16-27(28)30(24-12-6-4-10-21(24)2)18-31(32)26-14-8-7-13-25(26)29/h3,5-9,11-13,15-16,19,22,26,30H,4,10,14,17-18H2,1-2H3. The first-order valence-electron chi connectivity index (χ1n) is 12.4. The van der Waals surface area contributed by atoms with Gasteiger partial charge in [-0.15, -0.1) is 11.6 Å². The van der Waals surface area contributed by atoms with Crippen molar-refractivity contribution in [3.05, 3.63) is 123 Å². The van der Waals surface area contributed by atoms with Crippen LogP contribution in [0.15, 0.2) is 112 Å². The Bertz CT molecular complexity index is 1270. The number of allylic oxidation sites excluding steroid dienone is 16. The maximum absolute atomic E-state index is 6.73. The molecule has 0 saturated carbocycles. The maximum atomic E-state index is 6.73. The van der Waals surface area contributed by atoms with Gasteiger partial charge in [0.1, 0.15) is 0 Å². The molecule has 3 atom stereocenters. The van der Waals surface area contributed by atoms with Crippen LogP contribution in [0.5, 0.6) is 0 Å². The van der Waals surface area contributed by atoms with Gasteiger partial charge in [-0.25, -0.2) is 0 Å². The molecule has 1 aromatic carbocycles. The summed E-state index contributed by atoms with van der Waals surface area (Å²) in [5.74, 6) is 0.922. The molecule has 5 aliphatic rings. The number of halogens is 1. The zero-order valence-electron chi connectivity index (χ0n) is 19.6. The second kappa shape index (κ2) is 8.33. The minimum absolute atomic E-state index is 0.0757. The van der Waals surface area contributed by atoms with Crippen molar-refractivity contribution >= 4 is 17.2 Å². The zero-order chi connectivity index (χ0) is 22.5. The van der Waals surface area contributed by atoms with E-state index in [1.807, 2.05) is 0 Å². The molecular weight excluding hydrogens is 420 g/mol. The molecule has 0 aliphatic heterocycles. The van der Waals surface area contributed by atoms with Crippen LogP contribution in [-0.2, 0) is 0 Å². The van der Waals surface area contributed by atoms with Crippen molar-refractivity contribution in [2.75, 3.05) is 0 Å². The molecule has 0 saturated heterocycles. The summed E-state index contributed by atoms with van der Waals surface area (Å²) in [6.45, 7) is 4.57. The molecule has 6 rings (SSSR count). The fourth-order valence-corrected chi connectivity index (χ4v) is 6.71. The molecule has 0 radical (unpaired) electrons. The maximum Gasteiger partial charge on any atom is 0.0559 e. The van der Waals surface area contributed by atoms with Gasteiger partial charge in [0.25, 0.3) is 0 Å². The van der Waals surface area contributed by atoms with Crippen molar-refractivity contribution in [3.63, 3.8) is 0 Å². The third-order valence-electron chi connectivity index (χ3n) is 8.17. The highest BCUT2D eigenvalue weighted by Crippen LogP contribution is 2.54. The lowest BCUT2D eigenvalue weighted by Gasteiger charge is -2.41. The van der Waals surface area contributed by atoms with Crippen LogP contribution in [-0.4, -0.2) is 5.38 Å². The Labute approximate surface area is 203 Å². The molecule has 5 aliphatic carbocycles. The van der Waals surface area contributed by atoms with Crippen LogP contribution in [0.1, 0.15) is 50.2 Å². The van der Waals surface area contributed by atoms with Crippen LogP contribution < -0.4 is 0 Å². The van der Waals surface area contributed by atoms with Gasteiger partial charge in [-0.3, -0.25) is 0 Å². The van der Waals surface area contributed by atoms with Crippen LogP contribution in [0, 0.1) is 18.8 Å². The lowest BCUT2D eigenvalue weighted by molar-refractivity contribution is 0.593. The van der Waals surface area contributed by atoms with Gasteiger partial charge >= 0.3 is 0 Å². The van der Waals surface area contributed by atoms with Crippen molar-refractivity contribution < 1.29 is 0 Å². The zero-order valence-corrected chi connectivity index (χ0v) is 20.3. The van der Waals surface area contributed by atoms with Gasteiger partial charge in [0, 0.05) is 11.8 Å². The average molecular weight is 451 g/mol. The lowest BCUT2D eigenvalue weighted by Crippen LogP contribution is -2.27. The van der Waals surface area contributed by atoms with Crippen molar-refractivity contribution in [3.8, 4) is 0 Å². The second-order valence-corrected chi connectivity index (χ2v) is 10.7. The van der Waals surface area contributed by atoms with E-state index in [4.69, 9.17) is 11.6 Å². The van der Waals surface area contributed by atoms with Crippen LogP contribution in [0.3, 0.4) is 0 Å². The third-order valence-corrected chi connectivity index (χ3v) is 8.47. The van der Waals surface area contributed by atoms with E-state index in [1.54, 1.807) is 16.7 Å². The van der Waals surface area contributed by atoms with Crippen LogP contribution in [0.4, 0.5) is 0 Å². The largest absolute Gasteiger partial charge is 0.118 e. The number of hydrogen-bond acceptors (Lipinski definition) is 0. The predicted octanol–water partition coefficient (Wildman–Crippen LogP) is 8.74. The van der Waals surface area contributed by atoms with Gasteiger partial charge in [0.05, 0.1) is 5.38 Å². The molecule has 3 unspecified atom stereocenters. The number of alkyl halides is 1. The molecule has 0 bridgehead atoms. The Morgan fingerprint density at radius 1 is 0.939 bits per heavy atom. The second-order valence-electron chi connectivity index (χ2n) is 10.1. The quantitative estimate of drug-likeness (QED) is 0.395. The topological polar surface area (TPSA) is 0 Å². The Morgan fingerprint density at radius 3 is 2.67 bits per heavy atom. The molecule has 33 heavy (non-hydrogen) atoms. The molecule has 0 amide bonds. The Hall–Kier alpha value is -2.57. The van der Waals surface area contributed by atoms with Gasteiger partial charge in [0.2, 0.25) is 0 Å². The normalized spacial score (nSPS) is 28.4. The van der Waals surface area contributed by atoms with E-state index in [0.29, 0.717) is 11.8 Å². The van der Waals surface area contributed by atoms with Crippen molar-refractivity contribution in [2.24, 2.45) is 11.8 Å². The highest BCUT2D eigenvalue weighted by molar-refractivity contribution is 6.22. The smallest absolute Gasteiger partial charge is 0.0559 e. The number of hydrogen-bond donors (Lipinski definition) is 0. The Morgan fingerprint density at radius 2 is 1.82 bits per heavy atom. The summed E-state index contributed by atoms with van der Waals surface area (Å²) in [4.78, 5) is 0. The molecule has 0 N–H and O–H groups in total. The highest BCUT2D eigenvalue weighted by Gasteiger charge is 2.38. The first-order valence-corrected chi connectivity index (χ1v) is 12.8. The van der Waals surface area contributed by atoms with Crippen molar-refractivity contribution in [1.29, 1.82) is 0 Å². The molecule has 0 fully saturated rings. The molecule has 0 heterocycles. The van der Waals surface area contributed by atoms with Crippen LogP contribution in [0.2, 0.25) is 0 Å². The summed E-state index contributed by atoms with van der Waals surface area (Å²) in [5.41, 5.74) is 14.8. The summed E-state index contributed by atoms with van der Waals surface area (Å²) in [5, 5.41) is 0.0757. The minimum Gasteiger partial charge on any atom is -0.118 e. The van der Waals surface area contributed by atoms with Gasteiger partial charge in [-0.05, 0) is 96.6 Å². The van der Waals surface area contributed by atoms with Crippen molar-refractivity contribution in [1.82, 2.24) is 0 Å². The van der Waals surface area contributed by atoms with Crippen LogP contribution >= 0.6 is 11.6 Å². The average Bonchev–Trinajstić information content (AvgIpc) is 2.84. The molecule has 0 aromatic heterocycles. The lowest BCUT2D eigenvalue weighted by atomic mass is 9.63. The molecular formula is C32H31Cl. The minimum atomic E-state index is 0.0757.